The van der Waals surface area contributed by atoms with Crippen LogP contribution >= 0.6 is 11.6 Å². The number of halogens is 1. The van der Waals surface area contributed by atoms with E-state index in [1.807, 2.05) is 50.2 Å². The van der Waals surface area contributed by atoms with Crippen molar-refractivity contribution in [2.24, 2.45) is 7.05 Å². The van der Waals surface area contributed by atoms with Crippen LogP contribution in [-0.2, 0) is 11.8 Å². The molecule has 0 bridgehead atoms. The van der Waals surface area contributed by atoms with E-state index in [2.05, 4.69) is 15.7 Å². The molecule has 0 unspecified atom stereocenters. The van der Waals surface area contributed by atoms with Gasteiger partial charge in [0.2, 0.25) is 5.91 Å². The predicted octanol–water partition coefficient (Wildman–Crippen LogP) is 4.27. The van der Waals surface area contributed by atoms with Crippen LogP contribution in [0.3, 0.4) is 0 Å². The first-order chi connectivity index (χ1) is 15.3. The number of benzene rings is 2. The van der Waals surface area contributed by atoms with Gasteiger partial charge in [0.05, 0.1) is 39.6 Å². The molecule has 162 valence electrons. The Morgan fingerprint density at radius 1 is 1.06 bits per heavy atom. The fourth-order valence-corrected chi connectivity index (χ4v) is 3.83. The van der Waals surface area contributed by atoms with Crippen molar-refractivity contribution in [3.63, 3.8) is 0 Å². The third kappa shape index (κ3) is 4.33. The molecule has 4 rings (SSSR count). The number of fused-ring (bicyclic) bond motifs is 1. The fourth-order valence-electron chi connectivity index (χ4n) is 3.55. The average molecular weight is 448 g/mol. The third-order valence-corrected chi connectivity index (χ3v) is 5.40. The second kappa shape index (κ2) is 8.80. The zero-order valence-electron chi connectivity index (χ0n) is 17.9. The van der Waals surface area contributed by atoms with Gasteiger partial charge in [0.25, 0.3) is 5.91 Å². The maximum Gasteiger partial charge on any atom is 0.252 e. The standard InChI is InChI=1S/C24H22ClN5O2/c1-14-9-10-19(18(25)11-14)27-21(31)13-26-24(32)17-12-20(16-7-5-4-6-8-16)28-23-22(17)15(2)29-30(23)3/h4-12H,13H2,1-3H3,(H,26,32)(H,27,31). The first-order valence-electron chi connectivity index (χ1n) is 10.1. The van der Waals surface area contributed by atoms with Gasteiger partial charge in [-0.2, -0.15) is 5.10 Å². The van der Waals surface area contributed by atoms with E-state index in [4.69, 9.17) is 16.6 Å². The smallest absolute Gasteiger partial charge is 0.252 e. The summed E-state index contributed by atoms with van der Waals surface area (Å²) in [5.41, 5.74) is 4.73. The van der Waals surface area contributed by atoms with Crippen molar-refractivity contribution in [3.8, 4) is 11.3 Å². The van der Waals surface area contributed by atoms with Crippen LogP contribution in [0.4, 0.5) is 5.69 Å². The zero-order chi connectivity index (χ0) is 22.8. The van der Waals surface area contributed by atoms with Crippen molar-refractivity contribution in [2.45, 2.75) is 13.8 Å². The van der Waals surface area contributed by atoms with E-state index in [-0.39, 0.29) is 18.4 Å². The highest BCUT2D eigenvalue weighted by Crippen LogP contribution is 2.27. The van der Waals surface area contributed by atoms with Crippen LogP contribution in [0.1, 0.15) is 21.6 Å². The quantitative estimate of drug-likeness (QED) is 0.478. The van der Waals surface area contributed by atoms with E-state index in [0.29, 0.717) is 38.7 Å². The Morgan fingerprint density at radius 2 is 1.81 bits per heavy atom. The molecule has 2 heterocycles. The predicted molar refractivity (Wildman–Crippen MR) is 126 cm³/mol. The molecule has 32 heavy (non-hydrogen) atoms. The minimum Gasteiger partial charge on any atom is -0.343 e. The Hall–Kier alpha value is -3.71. The van der Waals surface area contributed by atoms with Crippen LogP contribution in [0.2, 0.25) is 5.02 Å². The summed E-state index contributed by atoms with van der Waals surface area (Å²) in [5.74, 6) is -0.753. The van der Waals surface area contributed by atoms with Gasteiger partial charge < -0.3 is 10.6 Å². The summed E-state index contributed by atoms with van der Waals surface area (Å²) >= 11 is 6.17. The highest BCUT2D eigenvalue weighted by atomic mass is 35.5. The molecule has 0 spiro atoms. The van der Waals surface area contributed by atoms with Crippen molar-refractivity contribution in [1.82, 2.24) is 20.1 Å². The lowest BCUT2D eigenvalue weighted by Gasteiger charge is -2.11. The maximum absolute atomic E-state index is 13.1. The Kier molecular flexibility index (Phi) is 5.92. The van der Waals surface area contributed by atoms with Gasteiger partial charge in [0.1, 0.15) is 0 Å². The summed E-state index contributed by atoms with van der Waals surface area (Å²) in [6.07, 6.45) is 0. The number of hydrogen-bond donors (Lipinski definition) is 2. The lowest BCUT2D eigenvalue weighted by atomic mass is 10.0. The minimum atomic E-state index is -0.379. The maximum atomic E-state index is 13.1. The Balaban J connectivity index is 1.59. The number of carbonyl (C=O) groups excluding carboxylic acids is 2. The van der Waals surface area contributed by atoms with E-state index in [1.165, 1.54) is 0 Å². The number of carbonyl (C=O) groups is 2. The molecule has 0 radical (unpaired) electrons. The molecule has 2 N–H and O–H groups in total. The number of nitrogens with zero attached hydrogens (tertiary/aromatic N) is 3. The van der Waals surface area contributed by atoms with E-state index in [1.54, 1.807) is 29.9 Å². The Bertz CT molecular complexity index is 1330. The molecule has 7 nitrogen and oxygen atoms in total. The monoisotopic (exact) mass is 447 g/mol. The molecule has 0 aliphatic rings. The minimum absolute atomic E-state index is 0.202. The Labute approximate surface area is 190 Å². The van der Waals surface area contributed by atoms with E-state index >= 15 is 0 Å². The molecule has 4 aromatic rings. The lowest BCUT2D eigenvalue weighted by Crippen LogP contribution is -2.33. The van der Waals surface area contributed by atoms with Crippen LogP contribution in [-0.4, -0.2) is 33.1 Å². The lowest BCUT2D eigenvalue weighted by molar-refractivity contribution is -0.115. The number of amides is 2. The number of nitrogens with one attached hydrogen (secondary N) is 2. The zero-order valence-corrected chi connectivity index (χ0v) is 18.7. The molecular formula is C24H22ClN5O2. The first-order valence-corrected chi connectivity index (χ1v) is 10.5. The van der Waals surface area contributed by atoms with Crippen LogP contribution < -0.4 is 10.6 Å². The van der Waals surface area contributed by atoms with Gasteiger partial charge in [-0.1, -0.05) is 48.0 Å². The Morgan fingerprint density at radius 3 is 2.53 bits per heavy atom. The first kappa shape index (κ1) is 21.5. The molecule has 0 atom stereocenters. The SMILES string of the molecule is Cc1ccc(NC(=O)CNC(=O)c2cc(-c3ccccc3)nc3c2c(C)nn3C)c(Cl)c1. The summed E-state index contributed by atoms with van der Waals surface area (Å²) in [4.78, 5) is 30.2. The van der Waals surface area contributed by atoms with Crippen LogP contribution in [0.25, 0.3) is 22.3 Å². The second-order valence-corrected chi connectivity index (χ2v) is 7.95. The third-order valence-electron chi connectivity index (χ3n) is 5.09. The molecule has 2 aromatic heterocycles. The average Bonchev–Trinajstić information content (AvgIpc) is 3.07. The topological polar surface area (TPSA) is 88.9 Å². The molecule has 0 saturated heterocycles. The van der Waals surface area contributed by atoms with Crippen molar-refractivity contribution in [1.29, 1.82) is 0 Å². The van der Waals surface area contributed by atoms with E-state index in [9.17, 15) is 9.59 Å². The summed E-state index contributed by atoms with van der Waals surface area (Å²) in [7, 11) is 1.79. The molecule has 0 fully saturated rings. The number of rotatable bonds is 5. The molecule has 2 amide bonds. The normalized spacial score (nSPS) is 10.9. The summed E-state index contributed by atoms with van der Waals surface area (Å²) in [6.45, 7) is 3.54. The van der Waals surface area contributed by atoms with Gasteiger partial charge in [0, 0.05) is 12.6 Å². The van der Waals surface area contributed by atoms with Crippen LogP contribution in [0.5, 0.6) is 0 Å². The van der Waals surface area contributed by atoms with Gasteiger partial charge in [-0.05, 0) is 37.6 Å². The van der Waals surface area contributed by atoms with Gasteiger partial charge in [-0.25, -0.2) is 4.98 Å². The highest BCUT2D eigenvalue weighted by molar-refractivity contribution is 6.33. The summed E-state index contributed by atoms with van der Waals surface area (Å²) < 4.78 is 1.65. The van der Waals surface area contributed by atoms with Gasteiger partial charge in [-0.15, -0.1) is 0 Å². The fraction of sp³-hybridized carbons (Fsp3) is 0.167. The number of aromatic nitrogens is 3. The van der Waals surface area contributed by atoms with E-state index < -0.39 is 0 Å². The molecule has 0 aliphatic heterocycles. The van der Waals surface area contributed by atoms with Crippen molar-refractivity contribution >= 4 is 40.1 Å². The van der Waals surface area contributed by atoms with Crippen LogP contribution in [0, 0.1) is 13.8 Å². The van der Waals surface area contributed by atoms with Gasteiger partial charge >= 0.3 is 0 Å². The summed E-state index contributed by atoms with van der Waals surface area (Å²) in [6, 6.07) is 16.7. The van der Waals surface area contributed by atoms with Crippen molar-refractivity contribution in [2.75, 3.05) is 11.9 Å². The van der Waals surface area contributed by atoms with Gasteiger partial charge in [-0.3, -0.25) is 14.3 Å². The molecule has 8 heteroatoms. The van der Waals surface area contributed by atoms with Crippen LogP contribution in [0.15, 0.2) is 54.6 Å². The molecule has 0 aliphatic carbocycles. The largest absolute Gasteiger partial charge is 0.343 e. The summed E-state index contributed by atoms with van der Waals surface area (Å²) in [5, 5.41) is 10.9. The number of anilines is 1. The second-order valence-electron chi connectivity index (χ2n) is 7.54. The number of pyridine rings is 1. The molecule has 2 aromatic carbocycles. The highest BCUT2D eigenvalue weighted by Gasteiger charge is 2.20. The van der Waals surface area contributed by atoms with E-state index in [0.717, 1.165) is 11.1 Å². The van der Waals surface area contributed by atoms with Crippen molar-refractivity contribution in [3.05, 3.63) is 76.4 Å². The van der Waals surface area contributed by atoms with Gasteiger partial charge in [0.15, 0.2) is 5.65 Å². The number of hydrogen-bond acceptors (Lipinski definition) is 4. The molecular weight excluding hydrogens is 426 g/mol. The molecule has 0 saturated carbocycles. The van der Waals surface area contributed by atoms with Crippen molar-refractivity contribution < 1.29 is 9.59 Å². The number of aryl methyl sites for hydroxylation is 3.